The summed E-state index contributed by atoms with van der Waals surface area (Å²) in [6, 6.07) is 5.54. The van der Waals surface area contributed by atoms with Crippen LogP contribution in [0, 0.1) is 6.92 Å². The third kappa shape index (κ3) is 5.43. The Labute approximate surface area is 118 Å². The van der Waals surface area contributed by atoms with Crippen LogP contribution in [0.25, 0.3) is 5.32 Å². The molecule has 0 saturated heterocycles. The number of benzene rings is 1. The second-order valence-electron chi connectivity index (χ2n) is 2.78. The number of nitrogens with zero attached hydrogens (tertiary/aromatic N) is 1. The van der Waals surface area contributed by atoms with Gasteiger partial charge in [-0.1, -0.05) is 31.5 Å². The van der Waals surface area contributed by atoms with Crippen molar-refractivity contribution in [3.63, 3.8) is 0 Å². The molecule has 1 rings (SSSR count). The summed E-state index contributed by atoms with van der Waals surface area (Å²) in [6.07, 6.45) is 0. The van der Waals surface area contributed by atoms with Crippen LogP contribution < -0.4 is 0 Å². The maximum absolute atomic E-state index is 11.0. The first-order valence-corrected chi connectivity index (χ1v) is 4.86. The Balaban J connectivity index is 0. The summed E-state index contributed by atoms with van der Waals surface area (Å²) in [5, 5.41) is 4.06. The summed E-state index contributed by atoms with van der Waals surface area (Å²) >= 11 is 0. The molecule has 0 aliphatic rings. The smallest absolute Gasteiger partial charge is 0.159 e. The summed E-state index contributed by atoms with van der Waals surface area (Å²) in [6.45, 7) is 7.52. The molecule has 0 atom stereocenters. The second kappa shape index (κ2) is 9.05. The Morgan fingerprint density at radius 1 is 1.27 bits per heavy atom. The van der Waals surface area contributed by atoms with Crippen LogP contribution in [0.15, 0.2) is 18.2 Å². The molecular weight excluding hydrogens is 263 g/mol. The van der Waals surface area contributed by atoms with Gasteiger partial charge in [-0.05, 0) is 19.9 Å². The monoisotopic (exact) mass is 281 g/mol. The number of hydrogen-bond donors (Lipinski definition) is 0. The Bertz CT molecular complexity index is 310. The SMILES string of the molecule is CC.C[N-]c1ccc(C(C)=O)cc1C.[Y]. The predicted molar refractivity (Wildman–Crippen MR) is 61.5 cm³/mol. The van der Waals surface area contributed by atoms with Gasteiger partial charge in [0.25, 0.3) is 0 Å². The second-order valence-corrected chi connectivity index (χ2v) is 2.78. The van der Waals surface area contributed by atoms with Gasteiger partial charge >= 0.3 is 0 Å². The van der Waals surface area contributed by atoms with E-state index in [1.165, 1.54) is 0 Å². The normalized spacial score (nSPS) is 8.07. The molecule has 0 amide bonds. The number of rotatable bonds is 2. The van der Waals surface area contributed by atoms with Crippen LogP contribution in [0.1, 0.15) is 36.7 Å². The molecular formula is C12H18NOY-. The molecule has 0 saturated carbocycles. The van der Waals surface area contributed by atoms with Crippen molar-refractivity contribution in [2.45, 2.75) is 27.7 Å². The summed E-state index contributed by atoms with van der Waals surface area (Å²) in [4.78, 5) is 11.0. The Morgan fingerprint density at radius 2 is 1.80 bits per heavy atom. The van der Waals surface area contributed by atoms with Crippen molar-refractivity contribution in [2.24, 2.45) is 0 Å². The average Bonchev–Trinajstić information content (AvgIpc) is 2.20. The molecule has 3 heteroatoms. The molecule has 0 aliphatic heterocycles. The first-order valence-electron chi connectivity index (χ1n) is 4.86. The number of hydrogen-bond acceptors (Lipinski definition) is 1. The number of carbonyl (C=O) groups is 1. The minimum absolute atomic E-state index is 0. The van der Waals surface area contributed by atoms with E-state index in [-0.39, 0.29) is 38.5 Å². The van der Waals surface area contributed by atoms with E-state index >= 15 is 0 Å². The molecule has 0 spiro atoms. The zero-order valence-electron chi connectivity index (χ0n) is 10.2. The van der Waals surface area contributed by atoms with Gasteiger partial charge in [-0.15, -0.1) is 12.7 Å². The van der Waals surface area contributed by atoms with Crippen LogP contribution in [0.2, 0.25) is 0 Å². The Kier molecular flexibility index (Phi) is 10.4. The molecule has 1 radical (unpaired) electrons. The zero-order chi connectivity index (χ0) is 11.1. The van der Waals surface area contributed by atoms with Crippen molar-refractivity contribution < 1.29 is 37.5 Å². The van der Waals surface area contributed by atoms with E-state index in [2.05, 4.69) is 5.32 Å². The van der Waals surface area contributed by atoms with E-state index in [9.17, 15) is 4.79 Å². The fourth-order valence-corrected chi connectivity index (χ4v) is 1.13. The van der Waals surface area contributed by atoms with E-state index in [0.717, 1.165) is 16.8 Å². The molecule has 0 N–H and O–H groups in total. The van der Waals surface area contributed by atoms with Crippen molar-refractivity contribution in [3.8, 4) is 0 Å². The predicted octanol–water partition coefficient (Wildman–Crippen LogP) is 3.86. The summed E-state index contributed by atoms with van der Waals surface area (Å²) < 4.78 is 0. The first-order chi connectivity index (χ1) is 6.65. The minimum Gasteiger partial charge on any atom is -0.687 e. The molecule has 0 aliphatic carbocycles. The standard InChI is InChI=1S/C10H13NO.C2H6.Y/c1-7-6-9(8(2)12)4-5-10(7)11-3;1-2;/h4-6H,1-3H3,(H,11,12);1-2H3;/p-1. The van der Waals surface area contributed by atoms with Gasteiger partial charge in [-0.2, -0.15) is 0 Å². The minimum atomic E-state index is 0. The molecule has 15 heavy (non-hydrogen) atoms. The van der Waals surface area contributed by atoms with E-state index < -0.39 is 0 Å². The average molecular weight is 281 g/mol. The van der Waals surface area contributed by atoms with Crippen LogP contribution in [-0.4, -0.2) is 12.8 Å². The van der Waals surface area contributed by atoms with Crippen LogP contribution in [-0.2, 0) is 32.7 Å². The Hall–Kier alpha value is -0.206. The van der Waals surface area contributed by atoms with E-state index in [0.29, 0.717) is 0 Å². The molecule has 81 valence electrons. The fraction of sp³-hybridized carbons (Fsp3) is 0.417. The van der Waals surface area contributed by atoms with Gasteiger partial charge in [0.1, 0.15) is 0 Å². The molecule has 0 fully saturated rings. The van der Waals surface area contributed by atoms with Crippen LogP contribution >= 0.6 is 0 Å². The van der Waals surface area contributed by atoms with Gasteiger partial charge in [-0.3, -0.25) is 4.79 Å². The van der Waals surface area contributed by atoms with Crippen molar-refractivity contribution in [2.75, 3.05) is 7.05 Å². The largest absolute Gasteiger partial charge is 0.687 e. The molecule has 0 heterocycles. The van der Waals surface area contributed by atoms with Crippen molar-refractivity contribution in [1.29, 1.82) is 0 Å². The topological polar surface area (TPSA) is 31.2 Å². The number of Topliss-reactive ketones (excluding diaryl/α,β-unsaturated/α-hetero) is 1. The number of ketones is 1. The van der Waals surface area contributed by atoms with Crippen LogP contribution in [0.4, 0.5) is 5.69 Å². The fourth-order valence-electron chi connectivity index (χ4n) is 1.13. The third-order valence-corrected chi connectivity index (χ3v) is 1.84. The summed E-state index contributed by atoms with van der Waals surface area (Å²) in [5.74, 6) is 0.0979. The quantitative estimate of drug-likeness (QED) is 0.757. The van der Waals surface area contributed by atoms with Crippen molar-refractivity contribution >= 4 is 11.5 Å². The van der Waals surface area contributed by atoms with Gasteiger partial charge in [-0.25, -0.2) is 0 Å². The summed E-state index contributed by atoms with van der Waals surface area (Å²) in [7, 11) is 1.75. The van der Waals surface area contributed by atoms with Crippen LogP contribution in [0.3, 0.4) is 0 Å². The number of carbonyl (C=O) groups excluding carboxylic acids is 1. The molecule has 2 nitrogen and oxygen atoms in total. The number of aryl methyl sites for hydroxylation is 1. The van der Waals surface area contributed by atoms with Crippen molar-refractivity contribution in [3.05, 3.63) is 34.6 Å². The van der Waals surface area contributed by atoms with E-state index in [1.54, 1.807) is 20.0 Å². The summed E-state index contributed by atoms with van der Waals surface area (Å²) in [5.41, 5.74) is 2.74. The molecule has 1 aromatic carbocycles. The maximum Gasteiger partial charge on any atom is 0.159 e. The molecule has 0 bridgehead atoms. The van der Waals surface area contributed by atoms with E-state index in [4.69, 9.17) is 0 Å². The molecule has 0 aromatic heterocycles. The van der Waals surface area contributed by atoms with Crippen LogP contribution in [0.5, 0.6) is 0 Å². The first kappa shape index (κ1) is 17.2. The van der Waals surface area contributed by atoms with Gasteiger partial charge < -0.3 is 5.32 Å². The van der Waals surface area contributed by atoms with E-state index in [1.807, 2.05) is 32.9 Å². The molecule has 0 unspecified atom stereocenters. The van der Waals surface area contributed by atoms with Gasteiger partial charge in [0.05, 0.1) is 0 Å². The third-order valence-electron chi connectivity index (χ3n) is 1.84. The maximum atomic E-state index is 11.0. The van der Waals surface area contributed by atoms with Gasteiger partial charge in [0.2, 0.25) is 0 Å². The van der Waals surface area contributed by atoms with Gasteiger partial charge in [0.15, 0.2) is 5.78 Å². The molecule has 1 aromatic rings. The zero-order valence-corrected chi connectivity index (χ0v) is 13.0. The van der Waals surface area contributed by atoms with Crippen molar-refractivity contribution in [1.82, 2.24) is 0 Å². The Morgan fingerprint density at radius 3 is 2.13 bits per heavy atom. The van der Waals surface area contributed by atoms with Gasteiger partial charge in [0, 0.05) is 38.3 Å².